The zero-order chi connectivity index (χ0) is 18.7. The first kappa shape index (κ1) is 18.5. The zero-order valence-electron chi connectivity index (χ0n) is 13.0. The largest absolute Gasteiger partial charge is 0.416 e. The number of rotatable bonds is 4. The van der Waals surface area contributed by atoms with Gasteiger partial charge in [-0.3, -0.25) is 4.57 Å². The van der Waals surface area contributed by atoms with Crippen LogP contribution in [0.2, 0.25) is 0 Å². The van der Waals surface area contributed by atoms with E-state index in [2.05, 4.69) is 26.1 Å². The number of hydrogen-bond acceptors (Lipinski definition) is 4. The molecule has 3 rings (SSSR count). The number of halogens is 4. The van der Waals surface area contributed by atoms with Gasteiger partial charge in [-0.15, -0.1) is 10.2 Å². The van der Waals surface area contributed by atoms with Crippen molar-refractivity contribution in [3.8, 4) is 23.1 Å². The highest BCUT2D eigenvalue weighted by molar-refractivity contribution is 9.10. The first-order chi connectivity index (χ1) is 12.4. The van der Waals surface area contributed by atoms with Crippen LogP contribution in [0.1, 0.15) is 5.56 Å². The maximum absolute atomic E-state index is 13.1. The summed E-state index contributed by atoms with van der Waals surface area (Å²) in [5.41, 5.74) is 0.190. The lowest BCUT2D eigenvalue weighted by molar-refractivity contribution is -0.137. The normalized spacial score (nSPS) is 11.3. The van der Waals surface area contributed by atoms with Crippen molar-refractivity contribution >= 4 is 27.7 Å². The molecule has 132 valence electrons. The molecule has 0 saturated heterocycles. The van der Waals surface area contributed by atoms with Gasteiger partial charge in [0.2, 0.25) is 0 Å². The Kier molecular flexibility index (Phi) is 5.34. The summed E-state index contributed by atoms with van der Waals surface area (Å²) < 4.78 is 41.6. The van der Waals surface area contributed by atoms with E-state index in [4.69, 9.17) is 5.26 Å². The van der Waals surface area contributed by atoms with E-state index in [9.17, 15) is 13.2 Å². The molecule has 3 aromatic rings. The van der Waals surface area contributed by atoms with Crippen LogP contribution in [0.4, 0.5) is 13.2 Å². The molecular weight excluding hydrogens is 429 g/mol. The Morgan fingerprint density at radius 1 is 1.12 bits per heavy atom. The molecule has 26 heavy (non-hydrogen) atoms. The molecule has 0 bridgehead atoms. The van der Waals surface area contributed by atoms with Gasteiger partial charge in [0.1, 0.15) is 0 Å². The van der Waals surface area contributed by atoms with Gasteiger partial charge in [0.05, 0.1) is 23.1 Å². The zero-order valence-corrected chi connectivity index (χ0v) is 15.4. The lowest BCUT2D eigenvalue weighted by Gasteiger charge is -2.13. The molecule has 0 aliphatic rings. The number of nitrogens with zero attached hydrogens (tertiary/aromatic N) is 4. The van der Waals surface area contributed by atoms with Gasteiger partial charge >= 0.3 is 6.18 Å². The number of hydrogen-bond donors (Lipinski definition) is 0. The highest BCUT2D eigenvalue weighted by Gasteiger charge is 2.31. The monoisotopic (exact) mass is 438 g/mol. The predicted octanol–water partition coefficient (Wildman–Crippen LogP) is 5.33. The molecule has 0 saturated carbocycles. The van der Waals surface area contributed by atoms with Crippen LogP contribution in [-0.4, -0.2) is 20.5 Å². The number of nitriles is 1. The van der Waals surface area contributed by atoms with Crippen LogP contribution in [0.15, 0.2) is 58.2 Å². The lowest BCUT2D eigenvalue weighted by atomic mass is 10.1. The molecule has 0 atom stereocenters. The van der Waals surface area contributed by atoms with E-state index < -0.39 is 11.7 Å². The number of benzene rings is 2. The summed E-state index contributed by atoms with van der Waals surface area (Å²) in [5.74, 6) is 0.491. The van der Waals surface area contributed by atoms with E-state index >= 15 is 0 Å². The van der Waals surface area contributed by atoms with Crippen LogP contribution in [0.5, 0.6) is 0 Å². The SMILES string of the molecule is N#CCSc1nnc(-c2ccccc2Br)n1-c1cccc(C(F)(F)F)c1. The van der Waals surface area contributed by atoms with Crippen molar-refractivity contribution in [1.82, 2.24) is 14.8 Å². The average molecular weight is 439 g/mol. The number of thioether (sulfide) groups is 1. The van der Waals surface area contributed by atoms with Crippen LogP contribution >= 0.6 is 27.7 Å². The minimum atomic E-state index is -4.46. The summed E-state index contributed by atoms with van der Waals surface area (Å²) in [6.45, 7) is 0. The first-order valence-electron chi connectivity index (χ1n) is 7.29. The Morgan fingerprint density at radius 2 is 1.88 bits per heavy atom. The standard InChI is InChI=1S/C17H10BrF3N4S/c18-14-7-2-1-6-13(14)15-23-24-16(26-9-8-22)25(15)12-5-3-4-11(10-12)17(19,20)21/h1-7,10H,9H2. The molecule has 0 amide bonds. The Morgan fingerprint density at radius 3 is 2.58 bits per heavy atom. The van der Waals surface area contributed by atoms with Crippen LogP contribution in [0.25, 0.3) is 17.1 Å². The quantitative estimate of drug-likeness (QED) is 0.516. The maximum atomic E-state index is 13.1. The maximum Gasteiger partial charge on any atom is 0.416 e. The second-order valence-corrected chi connectivity index (χ2v) is 6.91. The lowest BCUT2D eigenvalue weighted by Crippen LogP contribution is -2.07. The fourth-order valence-corrected chi connectivity index (χ4v) is 3.41. The Balaban J connectivity index is 2.20. The number of alkyl halides is 3. The van der Waals surface area contributed by atoms with Gasteiger partial charge in [0.15, 0.2) is 11.0 Å². The molecule has 0 aliphatic carbocycles. The molecule has 0 unspecified atom stereocenters. The van der Waals surface area contributed by atoms with E-state index in [0.29, 0.717) is 16.5 Å². The van der Waals surface area contributed by atoms with Crippen molar-refractivity contribution in [1.29, 1.82) is 5.26 Å². The summed E-state index contributed by atoms with van der Waals surface area (Å²) in [6, 6.07) is 14.1. The molecule has 9 heteroatoms. The molecule has 0 radical (unpaired) electrons. The highest BCUT2D eigenvalue weighted by atomic mass is 79.9. The van der Waals surface area contributed by atoms with Gasteiger partial charge in [-0.1, -0.05) is 52.0 Å². The van der Waals surface area contributed by atoms with Gasteiger partial charge in [0, 0.05) is 10.0 Å². The van der Waals surface area contributed by atoms with Crippen LogP contribution < -0.4 is 0 Å². The first-order valence-corrected chi connectivity index (χ1v) is 9.07. The van der Waals surface area contributed by atoms with E-state index in [1.807, 2.05) is 18.2 Å². The Bertz CT molecular complexity index is 979. The fourth-order valence-electron chi connectivity index (χ4n) is 2.33. The molecule has 0 N–H and O–H groups in total. The minimum absolute atomic E-state index is 0.104. The molecule has 2 aromatic carbocycles. The molecule has 0 aliphatic heterocycles. The van der Waals surface area contributed by atoms with Crippen LogP contribution in [0, 0.1) is 11.3 Å². The molecular formula is C17H10BrF3N4S. The van der Waals surface area contributed by atoms with E-state index in [-0.39, 0.29) is 11.4 Å². The summed E-state index contributed by atoms with van der Waals surface area (Å²) in [5, 5.41) is 17.4. The van der Waals surface area contributed by atoms with Gasteiger partial charge in [-0.05, 0) is 24.3 Å². The minimum Gasteiger partial charge on any atom is -0.270 e. The molecule has 4 nitrogen and oxygen atoms in total. The molecule has 1 aromatic heterocycles. The van der Waals surface area contributed by atoms with E-state index in [1.165, 1.54) is 10.6 Å². The van der Waals surface area contributed by atoms with Crippen molar-refractivity contribution in [2.75, 3.05) is 5.75 Å². The Labute approximate surface area is 159 Å². The topological polar surface area (TPSA) is 54.5 Å². The molecule has 1 heterocycles. The Hall–Kier alpha value is -2.31. The summed E-state index contributed by atoms with van der Waals surface area (Å²) in [7, 11) is 0. The summed E-state index contributed by atoms with van der Waals surface area (Å²) in [6.07, 6.45) is -4.46. The molecule has 0 spiro atoms. The van der Waals surface area contributed by atoms with Crippen molar-refractivity contribution in [2.45, 2.75) is 11.3 Å². The third kappa shape index (κ3) is 3.76. The predicted molar refractivity (Wildman–Crippen MR) is 95.8 cm³/mol. The third-order valence-corrected chi connectivity index (χ3v) is 4.93. The summed E-state index contributed by atoms with van der Waals surface area (Å²) in [4.78, 5) is 0. The van der Waals surface area contributed by atoms with E-state index in [1.54, 1.807) is 18.2 Å². The van der Waals surface area contributed by atoms with Crippen molar-refractivity contribution in [3.05, 3.63) is 58.6 Å². The second kappa shape index (κ2) is 7.51. The smallest absolute Gasteiger partial charge is 0.270 e. The van der Waals surface area contributed by atoms with Gasteiger partial charge in [-0.25, -0.2) is 0 Å². The van der Waals surface area contributed by atoms with Crippen molar-refractivity contribution in [2.24, 2.45) is 0 Å². The highest BCUT2D eigenvalue weighted by Crippen LogP contribution is 2.34. The van der Waals surface area contributed by atoms with E-state index in [0.717, 1.165) is 28.4 Å². The van der Waals surface area contributed by atoms with Crippen molar-refractivity contribution in [3.63, 3.8) is 0 Å². The average Bonchev–Trinajstić information content (AvgIpc) is 3.03. The van der Waals surface area contributed by atoms with Crippen LogP contribution in [-0.2, 0) is 6.18 Å². The van der Waals surface area contributed by atoms with Crippen LogP contribution in [0.3, 0.4) is 0 Å². The third-order valence-electron chi connectivity index (χ3n) is 3.45. The van der Waals surface area contributed by atoms with Gasteiger partial charge < -0.3 is 0 Å². The van der Waals surface area contributed by atoms with Gasteiger partial charge in [-0.2, -0.15) is 18.4 Å². The fraction of sp³-hybridized carbons (Fsp3) is 0.118. The van der Waals surface area contributed by atoms with Gasteiger partial charge in [0.25, 0.3) is 0 Å². The van der Waals surface area contributed by atoms with Crippen molar-refractivity contribution < 1.29 is 13.2 Å². The second-order valence-electron chi connectivity index (χ2n) is 5.12. The molecule has 0 fully saturated rings. The number of aromatic nitrogens is 3. The summed E-state index contributed by atoms with van der Waals surface area (Å²) >= 11 is 4.54.